The summed E-state index contributed by atoms with van der Waals surface area (Å²) in [6.45, 7) is 1.24. The molecule has 0 spiro atoms. The Kier molecular flexibility index (Phi) is 6.29. The van der Waals surface area contributed by atoms with Crippen LogP contribution in [0.5, 0.6) is 0 Å². The number of fused-ring (bicyclic) bond motifs is 5. The molecular formula is C38H33IrN3O-2. The summed E-state index contributed by atoms with van der Waals surface area (Å²) < 4.78 is 68.2. The van der Waals surface area contributed by atoms with Gasteiger partial charge in [0.25, 0.3) is 0 Å². The number of hydrogen-bond acceptors (Lipinski definition) is 4. The van der Waals surface area contributed by atoms with Gasteiger partial charge in [0.15, 0.2) is 0 Å². The van der Waals surface area contributed by atoms with Crippen LogP contribution in [0.2, 0.25) is 0 Å². The van der Waals surface area contributed by atoms with E-state index in [9.17, 15) is 0 Å². The van der Waals surface area contributed by atoms with Crippen molar-refractivity contribution in [3.63, 3.8) is 0 Å². The second-order valence-electron chi connectivity index (χ2n) is 10.9. The number of pyridine rings is 3. The maximum absolute atomic E-state index is 8.64. The standard InChI is InChI=1S/C26H23N2O.C12H10N.Ir/c1-16-8-9-21-22(28-16)11-10-19-18-6-5-7-20(24(18)29-25(19)21)23-14-17(12-13-27-23)15-26(2,3)4;1-10-7-8-12(13-9-10)11-5-3-2-4-6-11;/h5-6,8-14H,15H2,1-4H3;2-5,7-9H,1H3;/q2*-1;/i1D3,15D2;1D3;. The van der Waals surface area contributed by atoms with E-state index in [1.165, 1.54) is 12.3 Å². The van der Waals surface area contributed by atoms with Crippen LogP contribution in [0.1, 0.15) is 48.6 Å². The minimum absolute atomic E-state index is 0. The molecule has 0 aliphatic rings. The van der Waals surface area contributed by atoms with Gasteiger partial charge in [0.05, 0.1) is 11.1 Å². The Labute approximate surface area is 277 Å². The van der Waals surface area contributed by atoms with Crippen molar-refractivity contribution in [2.24, 2.45) is 5.41 Å². The van der Waals surface area contributed by atoms with Crippen molar-refractivity contribution in [2.45, 2.75) is 40.8 Å². The van der Waals surface area contributed by atoms with E-state index in [1.807, 2.05) is 51.1 Å². The number of aromatic nitrogens is 3. The van der Waals surface area contributed by atoms with E-state index in [1.54, 1.807) is 54.7 Å². The zero-order valence-electron chi connectivity index (χ0n) is 31.8. The third-order valence-corrected chi connectivity index (χ3v) is 6.55. The first-order valence-corrected chi connectivity index (χ1v) is 13.5. The van der Waals surface area contributed by atoms with Crippen LogP contribution in [0.3, 0.4) is 0 Å². The van der Waals surface area contributed by atoms with Crippen molar-refractivity contribution in [3.8, 4) is 22.5 Å². The molecule has 5 heteroatoms. The van der Waals surface area contributed by atoms with Crippen LogP contribution in [0.15, 0.2) is 102 Å². The predicted octanol–water partition coefficient (Wildman–Crippen LogP) is 9.75. The third kappa shape index (κ3) is 6.74. The molecule has 3 aromatic carbocycles. The second-order valence-corrected chi connectivity index (χ2v) is 10.9. The van der Waals surface area contributed by atoms with Crippen molar-refractivity contribution in [3.05, 3.63) is 126 Å². The van der Waals surface area contributed by atoms with E-state index in [0.717, 1.165) is 27.4 Å². The molecule has 0 amide bonds. The summed E-state index contributed by atoms with van der Waals surface area (Å²) in [5, 5.41) is 2.47. The van der Waals surface area contributed by atoms with E-state index in [4.69, 9.17) is 15.4 Å². The number of aryl methyl sites for hydroxylation is 2. The second kappa shape index (κ2) is 12.6. The van der Waals surface area contributed by atoms with Crippen molar-refractivity contribution < 1.29 is 35.5 Å². The van der Waals surface area contributed by atoms with E-state index in [-0.39, 0.29) is 31.4 Å². The van der Waals surface area contributed by atoms with E-state index < -0.39 is 25.5 Å². The normalized spacial score (nSPS) is 15.0. The largest absolute Gasteiger partial charge is 0.500 e. The van der Waals surface area contributed by atoms with Crippen molar-refractivity contribution in [1.82, 2.24) is 15.0 Å². The fourth-order valence-corrected chi connectivity index (χ4v) is 4.78. The zero-order chi connectivity index (χ0) is 36.1. The smallest absolute Gasteiger partial charge is 0.130 e. The molecule has 0 N–H and O–H groups in total. The van der Waals surface area contributed by atoms with Gasteiger partial charge in [-0.3, -0.25) is 4.98 Å². The molecule has 217 valence electrons. The zero-order valence-corrected chi connectivity index (χ0v) is 26.2. The number of furan rings is 1. The van der Waals surface area contributed by atoms with Gasteiger partial charge in [-0.15, -0.1) is 54.1 Å². The Morgan fingerprint density at radius 2 is 1.67 bits per heavy atom. The average molecular weight is 748 g/mol. The maximum Gasteiger partial charge on any atom is 0.130 e. The Morgan fingerprint density at radius 3 is 2.42 bits per heavy atom. The molecule has 0 fully saturated rings. The minimum atomic E-state index is -2.28. The molecule has 0 saturated carbocycles. The first kappa shape index (κ1) is 21.5. The Morgan fingerprint density at radius 1 is 0.814 bits per heavy atom. The van der Waals surface area contributed by atoms with Crippen LogP contribution < -0.4 is 0 Å². The van der Waals surface area contributed by atoms with Crippen LogP contribution in [0.4, 0.5) is 0 Å². The molecular weight excluding hydrogens is 707 g/mol. The third-order valence-electron chi connectivity index (χ3n) is 6.55. The fourth-order valence-electron chi connectivity index (χ4n) is 4.78. The molecule has 0 aliphatic carbocycles. The SMILES string of the molecule is [2H]C([2H])([2H])c1ccc(-c2[c-]cccc2)nc1.[2H]C([2H])([2H])c1ccc2c(ccc3c4cc[c-]c(-c5cc(C([2H])([2H])C(C)(C)C)ccn5)c4oc23)n1.[Ir]. The first-order valence-electron chi connectivity index (χ1n) is 17.5. The summed E-state index contributed by atoms with van der Waals surface area (Å²) in [4.78, 5) is 12.9. The average Bonchev–Trinajstić information content (AvgIpc) is 3.47. The molecule has 4 aromatic heterocycles. The van der Waals surface area contributed by atoms with E-state index >= 15 is 0 Å². The Bertz CT molecular complexity index is 2310. The summed E-state index contributed by atoms with van der Waals surface area (Å²) in [6.07, 6.45) is 1.44. The van der Waals surface area contributed by atoms with Crippen LogP contribution in [-0.4, -0.2) is 15.0 Å². The van der Waals surface area contributed by atoms with Gasteiger partial charge in [-0.25, -0.2) is 0 Å². The molecule has 7 aromatic rings. The molecule has 0 unspecified atom stereocenters. The topological polar surface area (TPSA) is 51.8 Å². The quantitative estimate of drug-likeness (QED) is 0.169. The summed E-state index contributed by atoms with van der Waals surface area (Å²) in [6, 6.07) is 31.1. The van der Waals surface area contributed by atoms with E-state index in [0.29, 0.717) is 33.5 Å². The van der Waals surface area contributed by atoms with Crippen molar-refractivity contribution in [2.75, 3.05) is 0 Å². The summed E-state index contributed by atoms with van der Waals surface area (Å²) in [5.74, 6) is 0. The van der Waals surface area contributed by atoms with Crippen LogP contribution >= 0.6 is 0 Å². The van der Waals surface area contributed by atoms with Gasteiger partial charge >= 0.3 is 0 Å². The molecule has 7 rings (SSSR count). The Hall–Kier alpha value is -4.18. The molecule has 0 saturated heterocycles. The maximum atomic E-state index is 8.64. The molecule has 1 radical (unpaired) electrons. The number of rotatable bonds is 3. The van der Waals surface area contributed by atoms with E-state index in [2.05, 4.69) is 27.1 Å². The first-order chi connectivity index (χ1) is 23.4. The molecule has 0 atom stereocenters. The van der Waals surface area contributed by atoms with Gasteiger partial charge in [-0.05, 0) is 72.8 Å². The Balaban J connectivity index is 0.000000249. The van der Waals surface area contributed by atoms with Gasteiger partial charge in [-0.2, -0.15) is 0 Å². The van der Waals surface area contributed by atoms with Crippen LogP contribution in [0, 0.1) is 31.3 Å². The molecule has 43 heavy (non-hydrogen) atoms. The monoisotopic (exact) mass is 748 g/mol. The number of benzene rings is 3. The predicted molar refractivity (Wildman–Crippen MR) is 172 cm³/mol. The van der Waals surface area contributed by atoms with Gasteiger partial charge in [-0.1, -0.05) is 55.5 Å². The van der Waals surface area contributed by atoms with Crippen molar-refractivity contribution in [1.29, 1.82) is 0 Å². The molecule has 4 nitrogen and oxygen atoms in total. The van der Waals surface area contributed by atoms with Gasteiger partial charge in [0, 0.05) is 59.9 Å². The number of hydrogen-bond donors (Lipinski definition) is 0. The number of nitrogens with zero attached hydrogens (tertiary/aromatic N) is 3. The van der Waals surface area contributed by atoms with Gasteiger partial charge < -0.3 is 14.4 Å². The van der Waals surface area contributed by atoms with Crippen LogP contribution in [-0.2, 0) is 26.5 Å². The van der Waals surface area contributed by atoms with Gasteiger partial charge in [0.1, 0.15) is 5.58 Å². The summed E-state index contributed by atoms with van der Waals surface area (Å²) >= 11 is 0. The summed E-state index contributed by atoms with van der Waals surface area (Å²) in [7, 11) is 0. The minimum Gasteiger partial charge on any atom is -0.500 e. The van der Waals surface area contributed by atoms with Crippen molar-refractivity contribution >= 4 is 32.8 Å². The molecule has 0 bridgehead atoms. The van der Waals surface area contributed by atoms with Crippen LogP contribution in [0.25, 0.3) is 55.4 Å². The van der Waals surface area contributed by atoms with Gasteiger partial charge in [0.2, 0.25) is 0 Å². The summed E-state index contributed by atoms with van der Waals surface area (Å²) in [5.41, 5.74) is 4.79. The molecule has 0 aliphatic heterocycles. The fraction of sp³-hybridized carbons (Fsp3) is 0.184. The molecule has 4 heterocycles.